The van der Waals surface area contributed by atoms with E-state index in [4.69, 9.17) is 4.74 Å². The summed E-state index contributed by atoms with van der Waals surface area (Å²) >= 11 is 0. The number of methoxy groups -OCH3 is 1. The lowest BCUT2D eigenvalue weighted by molar-refractivity contribution is 0.102. The molecule has 0 spiro atoms. The lowest BCUT2D eigenvalue weighted by Crippen LogP contribution is -2.16. The number of benzene rings is 2. The SMILES string of the molecule is COc1cccc(NC(=O)c2cncc(N3CCc4ccccc43)c2)c1. The minimum Gasteiger partial charge on any atom is -0.497 e. The fourth-order valence-corrected chi connectivity index (χ4v) is 3.21. The maximum Gasteiger partial charge on any atom is 0.257 e. The van der Waals surface area contributed by atoms with Gasteiger partial charge in [0, 0.05) is 30.2 Å². The van der Waals surface area contributed by atoms with E-state index < -0.39 is 0 Å². The number of anilines is 3. The average molecular weight is 345 g/mol. The van der Waals surface area contributed by atoms with E-state index >= 15 is 0 Å². The summed E-state index contributed by atoms with van der Waals surface area (Å²) in [6.07, 6.45) is 4.38. The summed E-state index contributed by atoms with van der Waals surface area (Å²) in [5.74, 6) is 0.503. The summed E-state index contributed by atoms with van der Waals surface area (Å²) in [7, 11) is 1.60. The highest BCUT2D eigenvalue weighted by atomic mass is 16.5. The third-order valence-electron chi connectivity index (χ3n) is 4.51. The van der Waals surface area contributed by atoms with Gasteiger partial charge in [-0.15, -0.1) is 0 Å². The Morgan fingerprint density at radius 3 is 2.88 bits per heavy atom. The summed E-state index contributed by atoms with van der Waals surface area (Å²) in [6, 6.07) is 17.5. The zero-order valence-electron chi connectivity index (χ0n) is 14.5. The second-order valence-corrected chi connectivity index (χ2v) is 6.15. The molecule has 1 aromatic heterocycles. The quantitative estimate of drug-likeness (QED) is 0.775. The number of rotatable bonds is 4. The molecule has 2 heterocycles. The number of ether oxygens (including phenoxy) is 1. The van der Waals surface area contributed by atoms with Crippen LogP contribution < -0.4 is 15.0 Å². The molecule has 0 radical (unpaired) electrons. The van der Waals surface area contributed by atoms with Crippen molar-refractivity contribution in [2.75, 3.05) is 23.9 Å². The van der Waals surface area contributed by atoms with Crippen LogP contribution in [-0.2, 0) is 6.42 Å². The zero-order chi connectivity index (χ0) is 17.9. The first-order valence-electron chi connectivity index (χ1n) is 8.50. The Hall–Kier alpha value is -3.34. The van der Waals surface area contributed by atoms with E-state index in [2.05, 4.69) is 33.4 Å². The van der Waals surface area contributed by atoms with Gasteiger partial charge in [-0.25, -0.2) is 0 Å². The van der Waals surface area contributed by atoms with Gasteiger partial charge in [-0.2, -0.15) is 0 Å². The first-order valence-corrected chi connectivity index (χ1v) is 8.50. The van der Waals surface area contributed by atoms with Crippen molar-refractivity contribution in [2.24, 2.45) is 0 Å². The van der Waals surface area contributed by atoms with Crippen molar-refractivity contribution in [3.05, 3.63) is 78.1 Å². The van der Waals surface area contributed by atoms with Crippen LogP contribution in [0.2, 0.25) is 0 Å². The molecule has 4 rings (SSSR count). The molecule has 1 N–H and O–H groups in total. The average Bonchev–Trinajstić information content (AvgIpc) is 3.12. The number of nitrogens with zero attached hydrogens (tertiary/aromatic N) is 2. The van der Waals surface area contributed by atoms with E-state index in [1.54, 1.807) is 25.6 Å². The molecule has 3 aromatic rings. The third-order valence-corrected chi connectivity index (χ3v) is 4.51. The number of nitrogens with one attached hydrogen (secondary N) is 1. The van der Waals surface area contributed by atoms with Gasteiger partial charge < -0.3 is 15.0 Å². The molecule has 1 aliphatic rings. The van der Waals surface area contributed by atoms with Gasteiger partial charge in [-0.1, -0.05) is 24.3 Å². The molecule has 0 unspecified atom stereocenters. The third kappa shape index (κ3) is 3.11. The minimum atomic E-state index is -0.194. The number of aromatic nitrogens is 1. The van der Waals surface area contributed by atoms with Crippen LogP contribution in [0, 0.1) is 0 Å². The number of carbonyl (C=O) groups is 1. The monoisotopic (exact) mass is 345 g/mol. The second-order valence-electron chi connectivity index (χ2n) is 6.15. The lowest BCUT2D eigenvalue weighted by Gasteiger charge is -2.19. The molecule has 0 saturated carbocycles. The summed E-state index contributed by atoms with van der Waals surface area (Å²) < 4.78 is 5.19. The Morgan fingerprint density at radius 2 is 2.00 bits per heavy atom. The standard InChI is InChI=1S/C21H19N3O2/c1-26-19-7-4-6-17(12-19)23-21(25)16-11-18(14-22-13-16)24-10-9-15-5-2-3-8-20(15)24/h2-8,11-14H,9-10H2,1H3,(H,23,25). The molecular weight excluding hydrogens is 326 g/mol. The lowest BCUT2D eigenvalue weighted by atomic mass is 10.2. The maximum atomic E-state index is 12.6. The van der Waals surface area contributed by atoms with Crippen molar-refractivity contribution in [1.29, 1.82) is 0 Å². The zero-order valence-corrected chi connectivity index (χ0v) is 14.5. The van der Waals surface area contributed by atoms with E-state index in [9.17, 15) is 4.79 Å². The molecule has 0 fully saturated rings. The predicted molar refractivity (Wildman–Crippen MR) is 102 cm³/mol. The van der Waals surface area contributed by atoms with Gasteiger partial charge in [0.2, 0.25) is 0 Å². The molecule has 0 aliphatic carbocycles. The molecule has 0 saturated heterocycles. The highest BCUT2D eigenvalue weighted by molar-refractivity contribution is 6.04. The van der Waals surface area contributed by atoms with Gasteiger partial charge in [0.15, 0.2) is 0 Å². The summed E-state index contributed by atoms with van der Waals surface area (Å²) in [5.41, 5.74) is 4.63. The number of para-hydroxylation sites is 1. The van der Waals surface area contributed by atoms with Crippen LogP contribution in [0.1, 0.15) is 15.9 Å². The van der Waals surface area contributed by atoms with Gasteiger partial charge in [-0.3, -0.25) is 9.78 Å². The van der Waals surface area contributed by atoms with Crippen LogP contribution in [0.15, 0.2) is 67.0 Å². The van der Waals surface area contributed by atoms with Crippen LogP contribution >= 0.6 is 0 Å². The normalized spacial score (nSPS) is 12.6. The smallest absolute Gasteiger partial charge is 0.257 e. The summed E-state index contributed by atoms with van der Waals surface area (Å²) in [5, 5.41) is 2.89. The number of hydrogen-bond acceptors (Lipinski definition) is 4. The number of carbonyl (C=O) groups excluding carboxylic acids is 1. The molecule has 5 heteroatoms. The molecular formula is C21H19N3O2. The van der Waals surface area contributed by atoms with Crippen molar-refractivity contribution in [3.63, 3.8) is 0 Å². The van der Waals surface area contributed by atoms with Crippen LogP contribution in [0.25, 0.3) is 0 Å². The molecule has 1 aliphatic heterocycles. The van der Waals surface area contributed by atoms with E-state index in [1.165, 1.54) is 11.3 Å². The Balaban J connectivity index is 1.57. The van der Waals surface area contributed by atoms with E-state index in [1.807, 2.05) is 30.3 Å². The predicted octanol–water partition coefficient (Wildman–Crippen LogP) is 4.04. The topological polar surface area (TPSA) is 54.5 Å². The van der Waals surface area contributed by atoms with E-state index in [-0.39, 0.29) is 5.91 Å². The summed E-state index contributed by atoms with van der Waals surface area (Å²) in [6.45, 7) is 0.891. The fraction of sp³-hybridized carbons (Fsp3) is 0.143. The largest absolute Gasteiger partial charge is 0.497 e. The van der Waals surface area contributed by atoms with Gasteiger partial charge in [0.1, 0.15) is 5.75 Å². The highest BCUT2D eigenvalue weighted by Crippen LogP contribution is 2.34. The Kier molecular flexibility index (Phi) is 4.27. The molecule has 0 bridgehead atoms. The first kappa shape index (κ1) is 16.1. The molecule has 0 atom stereocenters. The number of amides is 1. The van der Waals surface area contributed by atoms with Crippen LogP contribution in [-0.4, -0.2) is 24.5 Å². The summed E-state index contributed by atoms with van der Waals surface area (Å²) in [4.78, 5) is 19.1. The van der Waals surface area contributed by atoms with E-state index in [0.717, 1.165) is 18.7 Å². The highest BCUT2D eigenvalue weighted by Gasteiger charge is 2.21. The molecule has 5 nitrogen and oxygen atoms in total. The number of pyridine rings is 1. The number of fused-ring (bicyclic) bond motifs is 1. The molecule has 26 heavy (non-hydrogen) atoms. The fourth-order valence-electron chi connectivity index (χ4n) is 3.21. The Morgan fingerprint density at radius 1 is 1.12 bits per heavy atom. The van der Waals surface area contributed by atoms with Crippen molar-refractivity contribution in [1.82, 2.24) is 4.98 Å². The van der Waals surface area contributed by atoms with Crippen LogP contribution in [0.4, 0.5) is 17.1 Å². The van der Waals surface area contributed by atoms with Crippen molar-refractivity contribution < 1.29 is 9.53 Å². The van der Waals surface area contributed by atoms with Crippen LogP contribution in [0.5, 0.6) is 5.75 Å². The van der Waals surface area contributed by atoms with Gasteiger partial charge in [-0.05, 0) is 36.2 Å². The van der Waals surface area contributed by atoms with Crippen molar-refractivity contribution in [2.45, 2.75) is 6.42 Å². The maximum absolute atomic E-state index is 12.6. The minimum absolute atomic E-state index is 0.194. The second kappa shape index (κ2) is 6.88. The number of hydrogen-bond donors (Lipinski definition) is 1. The van der Waals surface area contributed by atoms with Crippen molar-refractivity contribution in [3.8, 4) is 5.75 Å². The van der Waals surface area contributed by atoms with Gasteiger partial charge in [0.25, 0.3) is 5.91 Å². The molecule has 130 valence electrons. The van der Waals surface area contributed by atoms with Gasteiger partial charge >= 0.3 is 0 Å². The Labute approximate surface area is 152 Å². The van der Waals surface area contributed by atoms with Crippen molar-refractivity contribution >= 4 is 23.0 Å². The molecule has 2 aromatic carbocycles. The van der Waals surface area contributed by atoms with Crippen LogP contribution in [0.3, 0.4) is 0 Å². The van der Waals surface area contributed by atoms with Gasteiger partial charge in [0.05, 0.1) is 24.6 Å². The first-order chi connectivity index (χ1) is 12.7. The Bertz CT molecular complexity index is 955. The molecule has 1 amide bonds. The van der Waals surface area contributed by atoms with E-state index in [0.29, 0.717) is 17.0 Å².